The molecule has 0 aliphatic heterocycles. The van der Waals surface area contributed by atoms with Crippen LogP contribution in [0.3, 0.4) is 0 Å². The molecule has 0 saturated heterocycles. The van der Waals surface area contributed by atoms with Gasteiger partial charge in [0.05, 0.1) is 5.67 Å². The molecule has 1 aromatic carbocycles. The molecule has 0 amide bonds. The second-order valence-electron chi connectivity index (χ2n) is 5.24. The van der Waals surface area contributed by atoms with Crippen LogP contribution in [-0.4, -0.2) is 60.3 Å². The highest BCUT2D eigenvalue weighted by Crippen LogP contribution is 2.20. The molecule has 0 heterocycles. The Morgan fingerprint density at radius 3 is 2.22 bits per heavy atom. The van der Waals surface area contributed by atoms with Gasteiger partial charge in [-0.2, -0.15) is 0 Å². The highest BCUT2D eigenvalue weighted by atomic mass is 28.4. The third-order valence-corrected chi connectivity index (χ3v) is 7.25. The summed E-state index contributed by atoms with van der Waals surface area (Å²) >= 11 is 0. The largest absolute Gasteiger partial charge is 0.518 e. The number of nitrogens with two attached hydrogens (primary N) is 1. The number of nitrogens with zero attached hydrogens (tertiary/aromatic N) is 1. The topological polar surface area (TPSA) is 57.0 Å². The molecule has 1 aromatic rings. The van der Waals surface area contributed by atoms with E-state index in [0.29, 0.717) is 6.54 Å². The van der Waals surface area contributed by atoms with Crippen LogP contribution in [0.2, 0.25) is 0 Å². The average molecular weight is 339 g/mol. The van der Waals surface area contributed by atoms with Crippen LogP contribution in [-0.2, 0) is 13.3 Å². The minimum Gasteiger partial charge on any atom is -0.376 e. The predicted octanol–water partition coefficient (Wildman–Crippen LogP) is 2.16. The van der Waals surface area contributed by atoms with Crippen LogP contribution in [0.15, 0.2) is 36.4 Å². The van der Waals surface area contributed by atoms with E-state index in [4.69, 9.17) is 19.0 Å². The molecular formula is C17H30N2O3Si. The van der Waals surface area contributed by atoms with E-state index in [0.717, 1.165) is 19.5 Å². The highest BCUT2D eigenvalue weighted by molar-refractivity contribution is 6.62. The molecule has 5 nitrogen and oxygen atoms in total. The zero-order valence-corrected chi connectivity index (χ0v) is 15.7. The van der Waals surface area contributed by atoms with Gasteiger partial charge in [0.15, 0.2) is 0 Å². The summed E-state index contributed by atoms with van der Waals surface area (Å²) in [5, 5.41) is 0. The average Bonchev–Trinajstić information content (AvgIpc) is 2.60. The van der Waals surface area contributed by atoms with Gasteiger partial charge in [-0.15, -0.1) is 0 Å². The highest BCUT2D eigenvalue weighted by Gasteiger charge is 2.48. The predicted molar refractivity (Wildman–Crippen MR) is 97.0 cm³/mol. The molecule has 1 atom stereocenters. The second kappa shape index (κ2) is 10.7. The molecule has 2 N–H and O–H groups in total. The van der Waals surface area contributed by atoms with Gasteiger partial charge < -0.3 is 19.0 Å². The molecule has 0 spiro atoms. The van der Waals surface area contributed by atoms with Crippen LogP contribution in [0.1, 0.15) is 18.9 Å². The summed E-state index contributed by atoms with van der Waals surface area (Å²) < 4.78 is 17.0. The van der Waals surface area contributed by atoms with Crippen molar-refractivity contribution in [2.24, 2.45) is 5.73 Å². The molecule has 1 unspecified atom stereocenters. The fourth-order valence-corrected chi connectivity index (χ4v) is 5.32. The van der Waals surface area contributed by atoms with Gasteiger partial charge in [-0.1, -0.05) is 49.4 Å². The standard InChI is InChI=1S/C17H30N2O3Si/c1-5-17(23(20-2,21-3)22-4)19(15-13-18)14-9-12-16-10-7-6-8-11-16/h6-12,17H,5,13-15,18H2,1-4H3/b12-9+. The maximum Gasteiger partial charge on any atom is 0.518 e. The zero-order chi connectivity index (χ0) is 17.1. The fourth-order valence-electron chi connectivity index (χ4n) is 2.82. The molecule has 6 heteroatoms. The van der Waals surface area contributed by atoms with Crippen molar-refractivity contribution in [3.05, 3.63) is 42.0 Å². The molecule has 0 radical (unpaired) electrons. The van der Waals surface area contributed by atoms with Gasteiger partial charge in [-0.3, -0.25) is 4.90 Å². The fraction of sp³-hybridized carbons (Fsp3) is 0.529. The van der Waals surface area contributed by atoms with Gasteiger partial charge in [0, 0.05) is 41.0 Å². The lowest BCUT2D eigenvalue weighted by atomic mass is 10.2. The molecule has 1 rings (SSSR count). The molecule has 0 aromatic heterocycles. The normalized spacial score (nSPS) is 13.8. The van der Waals surface area contributed by atoms with E-state index in [2.05, 4.69) is 36.1 Å². The Morgan fingerprint density at radius 1 is 1.13 bits per heavy atom. The van der Waals surface area contributed by atoms with E-state index in [1.807, 2.05) is 18.2 Å². The van der Waals surface area contributed by atoms with Crippen LogP contribution >= 0.6 is 0 Å². The van der Waals surface area contributed by atoms with E-state index in [-0.39, 0.29) is 5.67 Å². The minimum absolute atomic E-state index is 0.0754. The Kier molecular flexibility index (Phi) is 9.31. The van der Waals surface area contributed by atoms with Crippen molar-refractivity contribution in [2.75, 3.05) is 41.0 Å². The first kappa shape index (κ1) is 20.0. The first-order valence-electron chi connectivity index (χ1n) is 7.98. The van der Waals surface area contributed by atoms with Crippen molar-refractivity contribution in [1.82, 2.24) is 4.90 Å². The molecule has 23 heavy (non-hydrogen) atoms. The van der Waals surface area contributed by atoms with Gasteiger partial charge >= 0.3 is 8.80 Å². The van der Waals surface area contributed by atoms with Gasteiger partial charge in [-0.25, -0.2) is 0 Å². The van der Waals surface area contributed by atoms with Crippen molar-refractivity contribution in [3.8, 4) is 0 Å². The van der Waals surface area contributed by atoms with E-state index in [1.165, 1.54) is 5.56 Å². The number of rotatable bonds is 11. The number of hydrogen-bond donors (Lipinski definition) is 1. The molecule has 0 saturated carbocycles. The maximum atomic E-state index is 5.80. The van der Waals surface area contributed by atoms with Crippen molar-refractivity contribution < 1.29 is 13.3 Å². The Morgan fingerprint density at radius 2 is 1.74 bits per heavy atom. The molecule has 0 aliphatic carbocycles. The zero-order valence-electron chi connectivity index (χ0n) is 14.7. The summed E-state index contributed by atoms with van der Waals surface area (Å²) in [5.74, 6) is 0. The lowest BCUT2D eigenvalue weighted by molar-refractivity contribution is 0.0768. The van der Waals surface area contributed by atoms with Crippen molar-refractivity contribution in [1.29, 1.82) is 0 Å². The summed E-state index contributed by atoms with van der Waals surface area (Å²) in [5.41, 5.74) is 7.06. The van der Waals surface area contributed by atoms with Crippen LogP contribution in [0.5, 0.6) is 0 Å². The second-order valence-corrected chi connectivity index (χ2v) is 8.33. The molecule has 130 valence electrons. The van der Waals surface area contributed by atoms with Gasteiger partial charge in [0.2, 0.25) is 0 Å². The smallest absolute Gasteiger partial charge is 0.376 e. The van der Waals surface area contributed by atoms with Crippen LogP contribution < -0.4 is 5.73 Å². The van der Waals surface area contributed by atoms with Crippen LogP contribution in [0.4, 0.5) is 0 Å². The third kappa shape index (κ3) is 5.52. The van der Waals surface area contributed by atoms with Gasteiger partial charge in [0.25, 0.3) is 0 Å². The monoisotopic (exact) mass is 338 g/mol. The lowest BCUT2D eigenvalue weighted by Crippen LogP contribution is -2.62. The summed E-state index contributed by atoms with van der Waals surface area (Å²) in [6.07, 6.45) is 5.14. The van der Waals surface area contributed by atoms with Gasteiger partial charge in [0.1, 0.15) is 0 Å². The molecule has 0 bridgehead atoms. The van der Waals surface area contributed by atoms with Crippen molar-refractivity contribution in [3.63, 3.8) is 0 Å². The van der Waals surface area contributed by atoms with Gasteiger partial charge in [-0.05, 0) is 12.0 Å². The van der Waals surface area contributed by atoms with Crippen molar-refractivity contribution >= 4 is 14.9 Å². The minimum atomic E-state index is -2.74. The van der Waals surface area contributed by atoms with Crippen LogP contribution in [0, 0.1) is 0 Å². The quantitative estimate of drug-likeness (QED) is 0.627. The summed E-state index contributed by atoms with van der Waals surface area (Å²) in [7, 11) is 2.23. The third-order valence-electron chi connectivity index (χ3n) is 3.96. The maximum absolute atomic E-state index is 5.80. The Hall–Kier alpha value is -1.02. The summed E-state index contributed by atoms with van der Waals surface area (Å²) in [6.45, 7) is 4.24. The first-order chi connectivity index (χ1) is 11.2. The summed E-state index contributed by atoms with van der Waals surface area (Å²) in [6, 6.07) is 10.2. The molecule has 0 aliphatic rings. The SMILES string of the molecule is CCC(N(C/C=C/c1ccccc1)CCN)[Si](OC)(OC)OC. The van der Waals surface area contributed by atoms with E-state index >= 15 is 0 Å². The van der Waals surface area contributed by atoms with E-state index < -0.39 is 8.80 Å². The Balaban J connectivity index is 2.87. The summed E-state index contributed by atoms with van der Waals surface area (Å²) in [4.78, 5) is 2.28. The molecular weight excluding hydrogens is 308 g/mol. The van der Waals surface area contributed by atoms with E-state index in [1.54, 1.807) is 21.3 Å². The molecule has 0 fully saturated rings. The number of hydrogen-bond acceptors (Lipinski definition) is 5. The van der Waals surface area contributed by atoms with E-state index in [9.17, 15) is 0 Å². The van der Waals surface area contributed by atoms with Crippen LogP contribution in [0.25, 0.3) is 6.08 Å². The Labute approximate surface area is 141 Å². The first-order valence-corrected chi connectivity index (χ1v) is 9.78. The Bertz CT molecular complexity index is 444. The van der Waals surface area contributed by atoms with Crippen molar-refractivity contribution in [2.45, 2.75) is 19.0 Å². The number of benzene rings is 1. The lowest BCUT2D eigenvalue weighted by Gasteiger charge is -2.38.